The summed E-state index contributed by atoms with van der Waals surface area (Å²) in [6.45, 7) is 3.54. The molecular weight excluding hydrogens is 268 g/mol. The van der Waals surface area contributed by atoms with E-state index in [1.54, 1.807) is 7.11 Å². The standard InChI is InChI=1S/C16H24N2O3/c1-3-4-5-8-21-15-10-12(6-7-14(15)20-2)9-13-11-17-16(19)18-13/h6-7,10,13H,3-5,8-9,11H2,1-2H3,(H2,17,18,19). The summed E-state index contributed by atoms with van der Waals surface area (Å²) < 4.78 is 11.2. The highest BCUT2D eigenvalue weighted by Gasteiger charge is 2.20. The van der Waals surface area contributed by atoms with Crippen LogP contribution >= 0.6 is 0 Å². The molecule has 1 fully saturated rings. The Morgan fingerprint density at radius 2 is 2.14 bits per heavy atom. The Kier molecular flexibility index (Phi) is 5.72. The number of hydrogen-bond acceptors (Lipinski definition) is 3. The van der Waals surface area contributed by atoms with Crippen LogP contribution in [0.1, 0.15) is 31.7 Å². The molecule has 1 aliphatic heterocycles. The van der Waals surface area contributed by atoms with E-state index in [0.29, 0.717) is 13.2 Å². The first kappa shape index (κ1) is 15.5. The maximum absolute atomic E-state index is 11.1. The Bertz CT molecular complexity index is 477. The van der Waals surface area contributed by atoms with Crippen LogP contribution in [0.4, 0.5) is 4.79 Å². The SMILES string of the molecule is CCCCCOc1cc(CC2CNC(=O)N2)ccc1OC. The predicted molar refractivity (Wildman–Crippen MR) is 82.0 cm³/mol. The van der Waals surface area contributed by atoms with E-state index in [1.807, 2.05) is 18.2 Å². The molecule has 0 spiro atoms. The molecule has 1 aromatic carbocycles. The molecule has 1 aromatic rings. The van der Waals surface area contributed by atoms with Gasteiger partial charge in [0.25, 0.3) is 0 Å². The highest BCUT2D eigenvalue weighted by atomic mass is 16.5. The zero-order valence-electron chi connectivity index (χ0n) is 12.8. The summed E-state index contributed by atoms with van der Waals surface area (Å²) in [5.41, 5.74) is 1.13. The molecule has 0 aromatic heterocycles. The van der Waals surface area contributed by atoms with Crippen LogP contribution in [0.2, 0.25) is 0 Å². The minimum absolute atomic E-state index is 0.0930. The van der Waals surface area contributed by atoms with E-state index in [4.69, 9.17) is 9.47 Å². The zero-order valence-corrected chi connectivity index (χ0v) is 12.8. The lowest BCUT2D eigenvalue weighted by atomic mass is 10.1. The van der Waals surface area contributed by atoms with Gasteiger partial charge in [0.1, 0.15) is 0 Å². The quantitative estimate of drug-likeness (QED) is 0.724. The van der Waals surface area contributed by atoms with Crippen molar-refractivity contribution in [3.8, 4) is 11.5 Å². The molecular formula is C16H24N2O3. The van der Waals surface area contributed by atoms with Crippen LogP contribution in [0.25, 0.3) is 0 Å². The number of urea groups is 1. The van der Waals surface area contributed by atoms with Gasteiger partial charge in [-0.3, -0.25) is 0 Å². The minimum Gasteiger partial charge on any atom is -0.493 e. The molecule has 21 heavy (non-hydrogen) atoms. The van der Waals surface area contributed by atoms with Crippen LogP contribution < -0.4 is 20.1 Å². The molecule has 2 amide bonds. The summed E-state index contributed by atoms with van der Waals surface area (Å²) in [4.78, 5) is 11.1. The molecule has 0 aliphatic carbocycles. The summed E-state index contributed by atoms with van der Waals surface area (Å²) >= 11 is 0. The van der Waals surface area contributed by atoms with Crippen molar-refractivity contribution in [2.75, 3.05) is 20.3 Å². The van der Waals surface area contributed by atoms with Crippen LogP contribution in [0.5, 0.6) is 11.5 Å². The normalized spacial score (nSPS) is 17.2. The van der Waals surface area contributed by atoms with Gasteiger partial charge in [-0.05, 0) is 30.5 Å². The lowest BCUT2D eigenvalue weighted by Gasteiger charge is -2.14. The number of unbranched alkanes of at least 4 members (excludes halogenated alkanes) is 2. The van der Waals surface area contributed by atoms with E-state index in [0.717, 1.165) is 29.9 Å². The number of carbonyl (C=O) groups is 1. The number of carbonyl (C=O) groups excluding carboxylic acids is 1. The molecule has 1 aliphatic rings. The number of methoxy groups -OCH3 is 1. The predicted octanol–water partition coefficient (Wildman–Crippen LogP) is 2.49. The maximum Gasteiger partial charge on any atom is 0.315 e. The topological polar surface area (TPSA) is 59.6 Å². The van der Waals surface area contributed by atoms with Gasteiger partial charge in [0.2, 0.25) is 0 Å². The summed E-state index contributed by atoms with van der Waals surface area (Å²) in [7, 11) is 1.65. The molecule has 0 radical (unpaired) electrons. The van der Waals surface area contributed by atoms with Crippen molar-refractivity contribution in [3.05, 3.63) is 23.8 Å². The van der Waals surface area contributed by atoms with Gasteiger partial charge in [0, 0.05) is 6.54 Å². The third-order valence-corrected chi connectivity index (χ3v) is 3.56. The Labute approximate surface area is 126 Å². The van der Waals surface area contributed by atoms with Gasteiger partial charge >= 0.3 is 6.03 Å². The third-order valence-electron chi connectivity index (χ3n) is 3.56. The molecule has 0 saturated carbocycles. The Balaban J connectivity index is 1.97. The van der Waals surface area contributed by atoms with Crippen LogP contribution in [0.15, 0.2) is 18.2 Å². The fourth-order valence-corrected chi connectivity index (χ4v) is 2.41. The van der Waals surface area contributed by atoms with Gasteiger partial charge in [-0.2, -0.15) is 0 Å². The van der Waals surface area contributed by atoms with Crippen molar-refractivity contribution >= 4 is 6.03 Å². The first-order valence-corrected chi connectivity index (χ1v) is 7.57. The lowest BCUT2D eigenvalue weighted by molar-refractivity contribution is 0.247. The minimum atomic E-state index is -0.0930. The molecule has 2 rings (SSSR count). The van der Waals surface area contributed by atoms with Gasteiger partial charge in [-0.25, -0.2) is 4.79 Å². The molecule has 1 unspecified atom stereocenters. The number of ether oxygens (including phenoxy) is 2. The van der Waals surface area contributed by atoms with Crippen molar-refractivity contribution in [2.24, 2.45) is 0 Å². The van der Waals surface area contributed by atoms with Gasteiger partial charge < -0.3 is 20.1 Å². The Morgan fingerprint density at radius 3 is 2.81 bits per heavy atom. The van der Waals surface area contributed by atoms with Crippen molar-refractivity contribution < 1.29 is 14.3 Å². The summed E-state index contributed by atoms with van der Waals surface area (Å²) in [6.07, 6.45) is 4.18. The highest BCUT2D eigenvalue weighted by Crippen LogP contribution is 2.29. The average Bonchev–Trinajstić information content (AvgIpc) is 2.89. The Morgan fingerprint density at radius 1 is 1.29 bits per heavy atom. The number of benzene rings is 1. The summed E-state index contributed by atoms with van der Waals surface area (Å²) in [5, 5.41) is 5.66. The molecule has 116 valence electrons. The smallest absolute Gasteiger partial charge is 0.315 e. The number of hydrogen-bond donors (Lipinski definition) is 2. The highest BCUT2D eigenvalue weighted by molar-refractivity contribution is 5.76. The summed E-state index contributed by atoms with van der Waals surface area (Å²) in [5.74, 6) is 1.53. The molecule has 1 atom stereocenters. The van der Waals surface area contributed by atoms with Crippen LogP contribution in [0.3, 0.4) is 0 Å². The zero-order chi connectivity index (χ0) is 15.1. The summed E-state index contributed by atoms with van der Waals surface area (Å²) in [6, 6.07) is 6.00. The van der Waals surface area contributed by atoms with Crippen molar-refractivity contribution in [3.63, 3.8) is 0 Å². The first-order valence-electron chi connectivity index (χ1n) is 7.57. The van der Waals surface area contributed by atoms with Gasteiger partial charge in [0.05, 0.1) is 19.8 Å². The maximum atomic E-state index is 11.1. The van der Waals surface area contributed by atoms with E-state index < -0.39 is 0 Å². The fraction of sp³-hybridized carbons (Fsp3) is 0.562. The second-order valence-corrected chi connectivity index (χ2v) is 5.30. The van der Waals surface area contributed by atoms with Crippen molar-refractivity contribution in [1.29, 1.82) is 0 Å². The fourth-order valence-electron chi connectivity index (χ4n) is 2.41. The molecule has 5 nitrogen and oxygen atoms in total. The van der Waals surface area contributed by atoms with E-state index in [2.05, 4.69) is 17.6 Å². The second-order valence-electron chi connectivity index (χ2n) is 5.30. The molecule has 5 heteroatoms. The molecule has 2 N–H and O–H groups in total. The first-order chi connectivity index (χ1) is 10.2. The number of rotatable bonds is 8. The molecule has 1 saturated heterocycles. The van der Waals surface area contributed by atoms with E-state index in [1.165, 1.54) is 12.8 Å². The lowest BCUT2D eigenvalue weighted by Crippen LogP contribution is -2.28. The van der Waals surface area contributed by atoms with E-state index >= 15 is 0 Å². The van der Waals surface area contributed by atoms with Gasteiger partial charge in [-0.1, -0.05) is 25.8 Å². The molecule has 1 heterocycles. The monoisotopic (exact) mass is 292 g/mol. The number of nitrogens with one attached hydrogen (secondary N) is 2. The number of amides is 2. The molecule has 0 bridgehead atoms. The van der Waals surface area contributed by atoms with Gasteiger partial charge in [-0.15, -0.1) is 0 Å². The Hall–Kier alpha value is -1.91. The van der Waals surface area contributed by atoms with Crippen LogP contribution in [-0.4, -0.2) is 32.3 Å². The van der Waals surface area contributed by atoms with Crippen LogP contribution in [0, 0.1) is 0 Å². The third kappa shape index (κ3) is 4.55. The van der Waals surface area contributed by atoms with Crippen molar-refractivity contribution in [2.45, 2.75) is 38.6 Å². The van der Waals surface area contributed by atoms with E-state index in [-0.39, 0.29) is 12.1 Å². The van der Waals surface area contributed by atoms with Crippen molar-refractivity contribution in [1.82, 2.24) is 10.6 Å². The average molecular weight is 292 g/mol. The van der Waals surface area contributed by atoms with Crippen LogP contribution in [-0.2, 0) is 6.42 Å². The second kappa shape index (κ2) is 7.76. The van der Waals surface area contributed by atoms with Gasteiger partial charge in [0.15, 0.2) is 11.5 Å². The van der Waals surface area contributed by atoms with E-state index in [9.17, 15) is 4.79 Å². The largest absolute Gasteiger partial charge is 0.493 e.